The standard InChI is InChI=1S/C20H20BrN3O4S/c21-18-8-12-17(29-18)7-13(22-12)19(27)23-14(6-11-4-2-1-3-5-11)20(28)24-9-15(25)16(26)10-24/h1-5,7-8,14-16,22,25-26H,6,9-10H2,(H,23,27)/t14-,15-,16+/m0/s1. The Morgan fingerprint density at radius 1 is 1.21 bits per heavy atom. The summed E-state index contributed by atoms with van der Waals surface area (Å²) in [4.78, 5) is 30.3. The lowest BCUT2D eigenvalue weighted by Gasteiger charge is -2.24. The summed E-state index contributed by atoms with van der Waals surface area (Å²) < 4.78 is 1.91. The minimum absolute atomic E-state index is 0.0490. The second kappa shape index (κ2) is 8.27. The summed E-state index contributed by atoms with van der Waals surface area (Å²) in [6, 6.07) is 12.3. The van der Waals surface area contributed by atoms with Gasteiger partial charge in [-0.25, -0.2) is 0 Å². The van der Waals surface area contributed by atoms with Crippen LogP contribution in [0, 0.1) is 0 Å². The van der Waals surface area contributed by atoms with E-state index in [1.165, 1.54) is 16.2 Å². The lowest BCUT2D eigenvalue weighted by molar-refractivity contribution is -0.132. The van der Waals surface area contributed by atoms with Crippen LogP contribution in [0.5, 0.6) is 0 Å². The third-order valence-electron chi connectivity index (χ3n) is 4.98. The van der Waals surface area contributed by atoms with Gasteiger partial charge in [0, 0.05) is 19.5 Å². The van der Waals surface area contributed by atoms with Crippen LogP contribution in [0.3, 0.4) is 0 Å². The molecule has 9 heteroatoms. The summed E-state index contributed by atoms with van der Waals surface area (Å²) in [5, 5.41) is 22.4. The van der Waals surface area contributed by atoms with Gasteiger partial charge in [-0.3, -0.25) is 9.59 Å². The van der Waals surface area contributed by atoms with Crippen LogP contribution in [-0.2, 0) is 11.2 Å². The van der Waals surface area contributed by atoms with Crippen molar-refractivity contribution < 1.29 is 19.8 Å². The van der Waals surface area contributed by atoms with Crippen molar-refractivity contribution in [1.29, 1.82) is 0 Å². The maximum absolute atomic E-state index is 13.0. The number of carbonyl (C=O) groups excluding carboxylic acids is 2. The van der Waals surface area contributed by atoms with Gasteiger partial charge < -0.3 is 25.4 Å². The number of H-pyrrole nitrogens is 1. The molecule has 0 bridgehead atoms. The molecule has 2 aromatic heterocycles. The number of carbonyl (C=O) groups is 2. The zero-order chi connectivity index (χ0) is 20.5. The fraction of sp³-hybridized carbons (Fsp3) is 0.300. The van der Waals surface area contributed by atoms with Crippen LogP contribution in [0.25, 0.3) is 10.2 Å². The average molecular weight is 478 g/mol. The first kappa shape index (κ1) is 20.1. The van der Waals surface area contributed by atoms with Gasteiger partial charge in [-0.2, -0.15) is 0 Å². The second-order valence-electron chi connectivity index (χ2n) is 7.11. The largest absolute Gasteiger partial charge is 0.388 e. The highest BCUT2D eigenvalue weighted by Gasteiger charge is 2.36. The van der Waals surface area contributed by atoms with Gasteiger partial charge in [0.2, 0.25) is 5.91 Å². The third-order valence-corrected chi connectivity index (χ3v) is 6.56. The number of aliphatic hydroxyl groups is 2. The number of fused-ring (bicyclic) bond motifs is 1. The summed E-state index contributed by atoms with van der Waals surface area (Å²) in [5.74, 6) is -0.701. The molecule has 1 saturated heterocycles. The van der Waals surface area contributed by atoms with Gasteiger partial charge in [0.15, 0.2) is 0 Å². The van der Waals surface area contributed by atoms with E-state index in [1.54, 1.807) is 6.07 Å². The van der Waals surface area contributed by atoms with Crippen molar-refractivity contribution in [2.75, 3.05) is 13.1 Å². The highest BCUT2D eigenvalue weighted by atomic mass is 79.9. The Bertz CT molecular complexity index is 993. The summed E-state index contributed by atoms with van der Waals surface area (Å²) >= 11 is 4.93. The first-order valence-corrected chi connectivity index (χ1v) is 10.8. The number of aromatic amines is 1. The molecule has 0 unspecified atom stereocenters. The Morgan fingerprint density at radius 2 is 1.90 bits per heavy atom. The molecule has 0 radical (unpaired) electrons. The molecule has 3 atom stereocenters. The summed E-state index contributed by atoms with van der Waals surface area (Å²) in [7, 11) is 0. The molecule has 3 aromatic rings. The molecule has 4 rings (SSSR count). The van der Waals surface area contributed by atoms with Crippen LogP contribution >= 0.6 is 27.3 Å². The number of amides is 2. The van der Waals surface area contributed by atoms with Crippen LogP contribution in [-0.4, -0.2) is 63.3 Å². The molecule has 0 aliphatic carbocycles. The first-order valence-electron chi connectivity index (χ1n) is 9.18. The number of hydrogen-bond donors (Lipinski definition) is 4. The van der Waals surface area contributed by atoms with Crippen LogP contribution < -0.4 is 5.32 Å². The molecular weight excluding hydrogens is 458 g/mol. The first-order chi connectivity index (χ1) is 13.9. The van der Waals surface area contributed by atoms with Gasteiger partial charge in [-0.1, -0.05) is 30.3 Å². The lowest BCUT2D eigenvalue weighted by Crippen LogP contribution is -2.49. The molecule has 2 amide bonds. The van der Waals surface area contributed by atoms with Crippen molar-refractivity contribution in [3.05, 3.63) is 57.5 Å². The van der Waals surface area contributed by atoms with Gasteiger partial charge >= 0.3 is 0 Å². The maximum atomic E-state index is 13.0. The van der Waals surface area contributed by atoms with E-state index in [0.29, 0.717) is 12.1 Å². The van der Waals surface area contributed by atoms with E-state index < -0.39 is 18.2 Å². The highest BCUT2D eigenvalue weighted by molar-refractivity contribution is 9.11. The molecule has 1 fully saturated rings. The maximum Gasteiger partial charge on any atom is 0.268 e. The number of β-amino-alcohol motifs (C(OH)–C–C–N with tert-alkyl or cyclic N) is 2. The molecular formula is C20H20BrN3O4S. The fourth-order valence-corrected chi connectivity index (χ4v) is 5.00. The SMILES string of the molecule is O=C(N[C@@H](Cc1ccccc1)C(=O)N1C[C@@H](O)[C@@H](O)C1)c1cc2sc(Br)cc2[nH]1. The van der Waals surface area contributed by atoms with E-state index in [1.807, 2.05) is 36.4 Å². The molecule has 1 aliphatic heterocycles. The van der Waals surface area contributed by atoms with Crippen LogP contribution in [0.2, 0.25) is 0 Å². The van der Waals surface area contributed by atoms with Gasteiger partial charge in [0.1, 0.15) is 11.7 Å². The van der Waals surface area contributed by atoms with Crippen LogP contribution in [0.15, 0.2) is 46.3 Å². The average Bonchev–Trinajstić information content (AvgIpc) is 3.34. The Balaban J connectivity index is 1.54. The minimum Gasteiger partial charge on any atom is -0.388 e. The van der Waals surface area contributed by atoms with E-state index >= 15 is 0 Å². The molecule has 0 saturated carbocycles. The van der Waals surface area contributed by atoms with E-state index in [2.05, 4.69) is 26.2 Å². The summed E-state index contributed by atoms with van der Waals surface area (Å²) in [6.45, 7) is 0.0981. The lowest BCUT2D eigenvalue weighted by atomic mass is 10.0. The minimum atomic E-state index is -0.972. The molecule has 4 N–H and O–H groups in total. The quantitative estimate of drug-likeness (QED) is 0.450. The Morgan fingerprint density at radius 3 is 2.55 bits per heavy atom. The molecule has 7 nitrogen and oxygen atoms in total. The van der Waals surface area contributed by atoms with Crippen molar-refractivity contribution >= 4 is 49.3 Å². The Kier molecular flexibility index (Phi) is 5.73. The molecule has 1 aromatic carbocycles. The molecule has 3 heterocycles. The van der Waals surface area contributed by atoms with Gasteiger partial charge in [0.25, 0.3) is 5.91 Å². The number of halogens is 1. The predicted molar refractivity (Wildman–Crippen MR) is 114 cm³/mol. The Hall–Kier alpha value is -2.20. The second-order valence-corrected chi connectivity index (χ2v) is 9.57. The number of likely N-dealkylation sites (tertiary alicyclic amines) is 1. The van der Waals surface area contributed by atoms with E-state index in [0.717, 1.165) is 19.6 Å². The van der Waals surface area contributed by atoms with E-state index in [-0.39, 0.29) is 24.9 Å². The van der Waals surface area contributed by atoms with Crippen molar-refractivity contribution in [3.63, 3.8) is 0 Å². The number of aromatic nitrogens is 1. The highest BCUT2D eigenvalue weighted by Crippen LogP contribution is 2.30. The van der Waals surface area contributed by atoms with Crippen LogP contribution in [0.1, 0.15) is 16.1 Å². The number of hydrogen-bond acceptors (Lipinski definition) is 5. The molecule has 1 aliphatic rings. The normalized spacial score (nSPS) is 20.2. The van der Waals surface area contributed by atoms with Crippen molar-refractivity contribution in [2.24, 2.45) is 0 Å². The fourth-order valence-electron chi connectivity index (χ4n) is 3.47. The zero-order valence-electron chi connectivity index (χ0n) is 15.3. The number of nitrogens with zero attached hydrogens (tertiary/aromatic N) is 1. The smallest absolute Gasteiger partial charge is 0.268 e. The third kappa shape index (κ3) is 4.37. The monoisotopic (exact) mass is 477 g/mol. The molecule has 0 spiro atoms. The molecule has 152 valence electrons. The number of rotatable bonds is 5. The number of thiophene rings is 1. The Labute approximate surface area is 179 Å². The van der Waals surface area contributed by atoms with Gasteiger partial charge in [-0.15, -0.1) is 11.3 Å². The van der Waals surface area contributed by atoms with E-state index in [9.17, 15) is 19.8 Å². The zero-order valence-corrected chi connectivity index (χ0v) is 17.7. The van der Waals surface area contributed by atoms with Crippen LogP contribution in [0.4, 0.5) is 0 Å². The predicted octanol–water partition coefficient (Wildman–Crippen LogP) is 1.90. The van der Waals surface area contributed by atoms with Gasteiger partial charge in [-0.05, 0) is 33.6 Å². The summed E-state index contributed by atoms with van der Waals surface area (Å²) in [5.41, 5.74) is 2.14. The number of nitrogens with one attached hydrogen (secondary N) is 2. The van der Waals surface area contributed by atoms with Crippen molar-refractivity contribution in [1.82, 2.24) is 15.2 Å². The van der Waals surface area contributed by atoms with Gasteiger partial charge in [0.05, 0.1) is 26.2 Å². The van der Waals surface area contributed by atoms with E-state index in [4.69, 9.17) is 0 Å². The van der Waals surface area contributed by atoms with Crippen molar-refractivity contribution in [3.8, 4) is 0 Å². The summed E-state index contributed by atoms with van der Waals surface area (Å²) in [6.07, 6.45) is -1.63. The van der Waals surface area contributed by atoms with Crippen molar-refractivity contribution in [2.45, 2.75) is 24.7 Å². The number of benzene rings is 1. The number of aliphatic hydroxyl groups excluding tert-OH is 2. The topological polar surface area (TPSA) is 106 Å². The molecule has 29 heavy (non-hydrogen) atoms.